The Kier molecular flexibility index (Phi) is 336. The zero-order valence-electron chi connectivity index (χ0n) is 3.39. The van der Waals surface area contributed by atoms with Gasteiger partial charge in [0.25, 0.3) is 0 Å². The van der Waals surface area contributed by atoms with Crippen molar-refractivity contribution in [2.75, 3.05) is 0 Å². The van der Waals surface area contributed by atoms with Gasteiger partial charge in [0, 0.05) is 0 Å². The molecule has 0 N–H and O–H groups in total. The van der Waals surface area contributed by atoms with Gasteiger partial charge in [0.05, 0.1) is 0 Å². The monoisotopic (exact) mass is 705 g/mol. The maximum atomic E-state index is 0. The first-order valence-electron chi connectivity index (χ1n) is 0. The van der Waals surface area contributed by atoms with Crippen LogP contribution in [0, 0.1) is 0 Å². The standard InChI is InChI=1S/5HI.Na.Ti/h5*1H;;/q;;;;;+1;+4/p-5. The first-order valence-corrected chi connectivity index (χ1v) is 0. The Morgan fingerprint density at radius 3 is 0.429 bits per heavy atom. The van der Waals surface area contributed by atoms with Crippen LogP contribution in [0.15, 0.2) is 0 Å². The van der Waals surface area contributed by atoms with E-state index in [1.807, 2.05) is 0 Å². The van der Waals surface area contributed by atoms with Crippen molar-refractivity contribution in [3.05, 3.63) is 0 Å². The molecule has 0 aliphatic carbocycles. The van der Waals surface area contributed by atoms with Gasteiger partial charge in [-0.25, -0.2) is 0 Å². The van der Waals surface area contributed by atoms with Crippen LogP contribution in [0.25, 0.3) is 0 Å². The molecule has 0 rings (SSSR count). The van der Waals surface area contributed by atoms with Gasteiger partial charge in [0.1, 0.15) is 0 Å². The Morgan fingerprint density at radius 1 is 0.429 bits per heavy atom. The second-order valence-electron chi connectivity index (χ2n) is 0. The van der Waals surface area contributed by atoms with E-state index in [2.05, 4.69) is 0 Å². The normalized spacial score (nSPS) is 0. The third-order valence-electron chi connectivity index (χ3n) is 0. The van der Waals surface area contributed by atoms with E-state index in [1.165, 1.54) is 0 Å². The van der Waals surface area contributed by atoms with Crippen LogP contribution < -0.4 is 149 Å². The Bertz CT molecular complexity index is 8.04. The van der Waals surface area contributed by atoms with E-state index in [1.54, 1.807) is 0 Å². The molecule has 0 heterocycles. The minimum absolute atomic E-state index is 0. The first-order chi connectivity index (χ1) is 0. The molecule has 0 spiro atoms. The molecule has 0 nitrogen and oxygen atoms in total. The van der Waals surface area contributed by atoms with Gasteiger partial charge in [0.15, 0.2) is 0 Å². The van der Waals surface area contributed by atoms with Crippen molar-refractivity contribution in [1.82, 2.24) is 0 Å². The van der Waals surface area contributed by atoms with Crippen LogP contribution >= 0.6 is 0 Å². The molecule has 0 amide bonds. The summed E-state index contributed by atoms with van der Waals surface area (Å²) < 4.78 is 0. The van der Waals surface area contributed by atoms with Gasteiger partial charge in [-0.05, 0) is 0 Å². The van der Waals surface area contributed by atoms with Crippen molar-refractivity contribution in [1.29, 1.82) is 0 Å². The topological polar surface area (TPSA) is 0 Å². The fraction of sp³-hybridized carbons (Fsp3) is 0. The molecule has 0 atom stereocenters. The van der Waals surface area contributed by atoms with E-state index < -0.39 is 0 Å². The van der Waals surface area contributed by atoms with E-state index in [-0.39, 0.29) is 171 Å². The molecule has 0 aliphatic heterocycles. The van der Waals surface area contributed by atoms with Gasteiger partial charge >= 0.3 is 51.3 Å². The van der Waals surface area contributed by atoms with Crippen LogP contribution in [0.3, 0.4) is 0 Å². The summed E-state index contributed by atoms with van der Waals surface area (Å²) in [5, 5.41) is 0. The van der Waals surface area contributed by atoms with E-state index in [0.29, 0.717) is 0 Å². The molecule has 0 saturated carbocycles. The average molecular weight is 705 g/mol. The van der Waals surface area contributed by atoms with Crippen molar-refractivity contribution in [2.24, 2.45) is 0 Å². The summed E-state index contributed by atoms with van der Waals surface area (Å²) in [5.74, 6) is 0. The van der Waals surface area contributed by atoms with Gasteiger partial charge in [-0.3, -0.25) is 0 Å². The number of halogens is 5. The minimum Gasteiger partial charge on any atom is -1.00 e. The summed E-state index contributed by atoms with van der Waals surface area (Å²) in [6.45, 7) is 0. The van der Waals surface area contributed by atoms with Gasteiger partial charge in [-0.15, -0.1) is 0 Å². The van der Waals surface area contributed by atoms with Crippen molar-refractivity contribution in [3.8, 4) is 0 Å². The summed E-state index contributed by atoms with van der Waals surface area (Å²) in [7, 11) is 0. The van der Waals surface area contributed by atoms with Gasteiger partial charge in [0.2, 0.25) is 0 Å². The molecule has 0 radical (unpaired) electrons. The third kappa shape index (κ3) is 34.6. The quantitative estimate of drug-likeness (QED) is 0.174. The van der Waals surface area contributed by atoms with Crippen LogP contribution in [-0.2, 0) is 21.7 Å². The third-order valence-corrected chi connectivity index (χ3v) is 0. The minimum atomic E-state index is 0. The SMILES string of the molecule is [I-].[I-].[I-].[I-].[I-].[Na+].[Ti+4]. The van der Waals surface area contributed by atoms with Gasteiger partial charge in [-0.2, -0.15) is 0 Å². The fourth-order valence-electron chi connectivity index (χ4n) is 0. The molecule has 0 aliphatic rings. The summed E-state index contributed by atoms with van der Waals surface area (Å²) in [6, 6.07) is 0. The van der Waals surface area contributed by atoms with Crippen molar-refractivity contribution in [2.45, 2.75) is 0 Å². The second-order valence-corrected chi connectivity index (χ2v) is 0. The fourth-order valence-corrected chi connectivity index (χ4v) is 0. The zero-order chi connectivity index (χ0) is 0. The Labute approximate surface area is 167 Å². The maximum absolute atomic E-state index is 0. The Balaban J connectivity index is 0. The molecular weight excluding hydrogens is 705 g/mol. The summed E-state index contributed by atoms with van der Waals surface area (Å²) in [4.78, 5) is 0. The number of hydrogen-bond acceptors (Lipinski definition) is 0. The average Bonchev–Trinajstić information content (AvgIpc) is 0. The smallest absolute Gasteiger partial charge is 1.00 e. The predicted octanol–water partition coefficient (Wildman–Crippen LogP) is -18.0. The predicted molar refractivity (Wildman–Crippen MR) is 0 cm³/mol. The summed E-state index contributed by atoms with van der Waals surface area (Å²) in [6.07, 6.45) is 0. The van der Waals surface area contributed by atoms with E-state index in [4.69, 9.17) is 0 Å². The summed E-state index contributed by atoms with van der Waals surface area (Å²) in [5.41, 5.74) is 0. The molecule has 0 unspecified atom stereocenters. The Morgan fingerprint density at radius 2 is 0.429 bits per heavy atom. The van der Waals surface area contributed by atoms with Crippen LogP contribution in [0.2, 0.25) is 0 Å². The van der Waals surface area contributed by atoms with E-state index >= 15 is 0 Å². The molecule has 7 heavy (non-hydrogen) atoms. The van der Waals surface area contributed by atoms with Crippen molar-refractivity contribution in [3.63, 3.8) is 0 Å². The number of rotatable bonds is 0. The van der Waals surface area contributed by atoms with Crippen molar-refractivity contribution >= 4 is 0 Å². The number of hydrogen-bond donors (Lipinski definition) is 0. The summed E-state index contributed by atoms with van der Waals surface area (Å²) >= 11 is 0. The first kappa shape index (κ1) is 55.5. The van der Waals surface area contributed by atoms with Crippen LogP contribution in [0.1, 0.15) is 0 Å². The van der Waals surface area contributed by atoms with Crippen LogP contribution in [0.5, 0.6) is 0 Å². The molecule has 0 saturated heterocycles. The molecule has 40 valence electrons. The van der Waals surface area contributed by atoms with Gasteiger partial charge in [-0.1, -0.05) is 0 Å². The molecule has 0 aromatic heterocycles. The largest absolute Gasteiger partial charge is 4.00 e. The zero-order valence-corrected chi connectivity index (χ0v) is 17.7. The molecule has 0 fully saturated rings. The van der Waals surface area contributed by atoms with Crippen molar-refractivity contribution < 1.29 is 171 Å². The Hall–Kier alpha value is 5.36. The molecule has 0 aromatic carbocycles. The second kappa shape index (κ2) is 42.4. The molecule has 7 heteroatoms. The molecule has 0 aromatic rings. The van der Waals surface area contributed by atoms with E-state index in [9.17, 15) is 0 Å². The van der Waals surface area contributed by atoms with Crippen LogP contribution in [-0.4, -0.2) is 0 Å². The molecular formula is I5NaTi. The molecule has 0 bridgehead atoms. The van der Waals surface area contributed by atoms with Crippen LogP contribution in [0.4, 0.5) is 0 Å². The van der Waals surface area contributed by atoms with E-state index in [0.717, 1.165) is 0 Å². The maximum Gasteiger partial charge on any atom is 4.00 e. The van der Waals surface area contributed by atoms with Gasteiger partial charge < -0.3 is 120 Å².